The Hall–Kier alpha value is -1.33. The van der Waals surface area contributed by atoms with Gasteiger partial charge in [0.05, 0.1) is 0 Å². The first-order valence-electron chi connectivity index (χ1n) is 5.35. The molecule has 0 bridgehead atoms. The summed E-state index contributed by atoms with van der Waals surface area (Å²) in [4.78, 5) is 4.56. The lowest BCUT2D eigenvalue weighted by atomic mass is 10.1. The van der Waals surface area contributed by atoms with Gasteiger partial charge in [0.25, 0.3) is 0 Å². The van der Waals surface area contributed by atoms with Crippen molar-refractivity contribution in [1.82, 2.24) is 9.38 Å². The molecular formula is C13H9Br2N3. The molecule has 1 aromatic carbocycles. The third-order valence-corrected chi connectivity index (χ3v) is 4.64. The van der Waals surface area contributed by atoms with Gasteiger partial charge in [-0.15, -0.1) is 0 Å². The van der Waals surface area contributed by atoms with Crippen molar-refractivity contribution in [2.24, 2.45) is 0 Å². The minimum atomic E-state index is 0.653. The highest BCUT2D eigenvalue weighted by Gasteiger charge is 2.11. The number of nitrogens with two attached hydrogens (primary N) is 1. The molecule has 0 radical (unpaired) electrons. The third kappa shape index (κ3) is 1.83. The van der Waals surface area contributed by atoms with Gasteiger partial charge in [0.2, 0.25) is 0 Å². The molecule has 0 aliphatic rings. The van der Waals surface area contributed by atoms with E-state index >= 15 is 0 Å². The van der Waals surface area contributed by atoms with E-state index in [1.165, 1.54) is 0 Å². The van der Waals surface area contributed by atoms with Crippen LogP contribution in [-0.2, 0) is 0 Å². The van der Waals surface area contributed by atoms with Crippen LogP contribution in [-0.4, -0.2) is 9.38 Å². The van der Waals surface area contributed by atoms with Crippen molar-refractivity contribution >= 4 is 43.3 Å². The first-order chi connectivity index (χ1) is 8.66. The Morgan fingerprint density at radius 2 is 1.89 bits per heavy atom. The molecule has 0 spiro atoms. The number of nitrogens with zero attached hydrogens (tertiary/aromatic N) is 2. The molecule has 3 nitrogen and oxygen atoms in total. The summed E-state index contributed by atoms with van der Waals surface area (Å²) < 4.78 is 3.87. The van der Waals surface area contributed by atoms with Crippen LogP contribution in [0.25, 0.3) is 16.9 Å². The van der Waals surface area contributed by atoms with E-state index in [2.05, 4.69) is 36.8 Å². The summed E-state index contributed by atoms with van der Waals surface area (Å²) in [5.41, 5.74) is 8.78. The number of rotatable bonds is 1. The predicted molar refractivity (Wildman–Crippen MR) is 80.4 cm³/mol. The van der Waals surface area contributed by atoms with Gasteiger partial charge in [0, 0.05) is 20.7 Å². The van der Waals surface area contributed by atoms with Gasteiger partial charge < -0.3 is 5.73 Å². The summed E-state index contributed by atoms with van der Waals surface area (Å²) in [5, 5.41) is 0. The zero-order valence-electron chi connectivity index (χ0n) is 9.27. The molecule has 0 aliphatic carbocycles. The zero-order valence-corrected chi connectivity index (χ0v) is 12.4. The lowest BCUT2D eigenvalue weighted by Crippen LogP contribution is -1.93. The summed E-state index contributed by atoms with van der Waals surface area (Å²) in [6.45, 7) is 0. The van der Waals surface area contributed by atoms with Crippen LogP contribution < -0.4 is 5.73 Å². The molecular weight excluding hydrogens is 358 g/mol. The Balaban J connectivity index is 2.25. The van der Waals surface area contributed by atoms with Crippen molar-refractivity contribution in [3.63, 3.8) is 0 Å². The maximum absolute atomic E-state index is 6.13. The number of pyridine rings is 1. The number of hydrogen-bond acceptors (Lipinski definition) is 2. The van der Waals surface area contributed by atoms with Gasteiger partial charge in [-0.05, 0) is 56.1 Å². The van der Waals surface area contributed by atoms with E-state index in [0.29, 0.717) is 5.82 Å². The van der Waals surface area contributed by atoms with E-state index in [0.717, 1.165) is 25.8 Å². The number of anilines is 1. The van der Waals surface area contributed by atoms with Crippen LogP contribution in [0, 0.1) is 0 Å². The normalized spacial score (nSPS) is 11.0. The minimum Gasteiger partial charge on any atom is -0.383 e. The largest absolute Gasteiger partial charge is 0.383 e. The van der Waals surface area contributed by atoms with E-state index < -0.39 is 0 Å². The number of imidazole rings is 1. The minimum absolute atomic E-state index is 0.653. The highest BCUT2D eigenvalue weighted by atomic mass is 79.9. The molecule has 0 aliphatic heterocycles. The first-order valence-corrected chi connectivity index (χ1v) is 6.93. The zero-order chi connectivity index (χ0) is 12.7. The highest BCUT2D eigenvalue weighted by Crippen LogP contribution is 2.31. The van der Waals surface area contributed by atoms with Crippen molar-refractivity contribution < 1.29 is 0 Å². The lowest BCUT2D eigenvalue weighted by Gasteiger charge is -2.01. The van der Waals surface area contributed by atoms with E-state index in [4.69, 9.17) is 5.73 Å². The topological polar surface area (TPSA) is 43.3 Å². The summed E-state index contributed by atoms with van der Waals surface area (Å²) in [6, 6.07) is 11.8. The summed E-state index contributed by atoms with van der Waals surface area (Å²) in [6.07, 6.45) is 1.91. The van der Waals surface area contributed by atoms with Gasteiger partial charge >= 0.3 is 0 Å². The van der Waals surface area contributed by atoms with Crippen LogP contribution in [0.15, 0.2) is 51.5 Å². The molecule has 5 heteroatoms. The number of halogens is 2. The SMILES string of the molecule is Nc1c(-c2ccc(Br)c(Br)c2)nc2ccccn12. The Kier molecular flexibility index (Phi) is 2.87. The van der Waals surface area contributed by atoms with Crippen LogP contribution >= 0.6 is 31.9 Å². The van der Waals surface area contributed by atoms with Gasteiger partial charge in [-0.2, -0.15) is 0 Å². The van der Waals surface area contributed by atoms with Crippen LogP contribution in [0.3, 0.4) is 0 Å². The molecule has 0 atom stereocenters. The van der Waals surface area contributed by atoms with Crippen LogP contribution in [0.1, 0.15) is 0 Å². The third-order valence-electron chi connectivity index (χ3n) is 2.76. The number of benzene rings is 1. The predicted octanol–water partition coefficient (Wildman–Crippen LogP) is 4.11. The molecule has 0 saturated heterocycles. The molecule has 0 saturated carbocycles. The number of aromatic nitrogens is 2. The molecule has 18 heavy (non-hydrogen) atoms. The molecule has 3 aromatic rings. The van der Waals surface area contributed by atoms with Crippen molar-refractivity contribution in [1.29, 1.82) is 0 Å². The smallest absolute Gasteiger partial charge is 0.139 e. The van der Waals surface area contributed by atoms with Gasteiger partial charge in [-0.25, -0.2) is 4.98 Å². The van der Waals surface area contributed by atoms with Gasteiger partial charge in [-0.1, -0.05) is 12.1 Å². The molecule has 2 aromatic heterocycles. The van der Waals surface area contributed by atoms with Crippen molar-refractivity contribution in [2.45, 2.75) is 0 Å². The fourth-order valence-corrected chi connectivity index (χ4v) is 2.50. The maximum Gasteiger partial charge on any atom is 0.139 e. The Bertz CT molecular complexity index is 734. The summed E-state index contributed by atoms with van der Waals surface area (Å²) in [5.74, 6) is 0.653. The molecule has 0 unspecified atom stereocenters. The van der Waals surface area contributed by atoms with E-state index in [1.54, 1.807) is 0 Å². The second-order valence-electron chi connectivity index (χ2n) is 3.90. The van der Waals surface area contributed by atoms with Crippen LogP contribution in [0.5, 0.6) is 0 Å². The Morgan fingerprint density at radius 3 is 2.61 bits per heavy atom. The average Bonchev–Trinajstić information content (AvgIpc) is 2.71. The number of hydrogen-bond donors (Lipinski definition) is 1. The molecule has 90 valence electrons. The first kappa shape index (κ1) is 11.7. The summed E-state index contributed by atoms with van der Waals surface area (Å²) in [7, 11) is 0. The van der Waals surface area contributed by atoms with E-state index in [9.17, 15) is 0 Å². The van der Waals surface area contributed by atoms with Crippen molar-refractivity contribution in [3.8, 4) is 11.3 Å². The summed E-state index contributed by atoms with van der Waals surface area (Å²) >= 11 is 6.94. The van der Waals surface area contributed by atoms with Crippen molar-refractivity contribution in [3.05, 3.63) is 51.5 Å². The quantitative estimate of drug-likeness (QED) is 0.704. The monoisotopic (exact) mass is 365 g/mol. The average molecular weight is 367 g/mol. The van der Waals surface area contributed by atoms with Gasteiger partial charge in [-0.3, -0.25) is 4.40 Å². The molecule has 2 heterocycles. The molecule has 0 fully saturated rings. The number of fused-ring (bicyclic) bond motifs is 1. The Morgan fingerprint density at radius 1 is 1.06 bits per heavy atom. The second kappa shape index (κ2) is 4.40. The van der Waals surface area contributed by atoms with E-state index in [1.807, 2.05) is 47.0 Å². The van der Waals surface area contributed by atoms with Gasteiger partial charge in [0.15, 0.2) is 0 Å². The molecule has 0 amide bonds. The van der Waals surface area contributed by atoms with E-state index in [-0.39, 0.29) is 0 Å². The van der Waals surface area contributed by atoms with Gasteiger partial charge in [0.1, 0.15) is 17.2 Å². The fraction of sp³-hybridized carbons (Fsp3) is 0. The van der Waals surface area contributed by atoms with Crippen LogP contribution in [0.2, 0.25) is 0 Å². The standard InChI is InChI=1S/C13H9Br2N3/c14-9-5-4-8(7-10(9)15)12-13(16)18-6-2-1-3-11(18)17-12/h1-7H,16H2. The molecule has 3 rings (SSSR count). The fourth-order valence-electron chi connectivity index (χ4n) is 1.87. The highest BCUT2D eigenvalue weighted by molar-refractivity contribution is 9.13. The second-order valence-corrected chi connectivity index (χ2v) is 5.61. The number of nitrogen functional groups attached to an aromatic ring is 1. The lowest BCUT2D eigenvalue weighted by molar-refractivity contribution is 1.20. The Labute approximate surface area is 121 Å². The van der Waals surface area contributed by atoms with Crippen LogP contribution in [0.4, 0.5) is 5.82 Å². The molecule has 2 N–H and O–H groups in total. The van der Waals surface area contributed by atoms with Crippen molar-refractivity contribution in [2.75, 3.05) is 5.73 Å². The maximum atomic E-state index is 6.13.